The quantitative estimate of drug-likeness (QED) is 0.833. The second kappa shape index (κ2) is 7.61. The third-order valence-electron chi connectivity index (χ3n) is 5.09. The van der Waals surface area contributed by atoms with Crippen LogP contribution in [0.1, 0.15) is 52.4 Å². The molecule has 2 fully saturated rings. The second-order valence-electron chi connectivity index (χ2n) is 6.49. The average molecular weight is 268 g/mol. The SMILES string of the molecule is CCCN1CCOC(C(N)C2CCCC(CC)C2)C1. The van der Waals surface area contributed by atoms with Crippen LogP contribution in [0.25, 0.3) is 0 Å². The molecule has 1 aliphatic carbocycles. The van der Waals surface area contributed by atoms with Gasteiger partial charge in [-0.25, -0.2) is 0 Å². The van der Waals surface area contributed by atoms with Crippen molar-refractivity contribution in [3.63, 3.8) is 0 Å². The molecule has 2 rings (SSSR count). The van der Waals surface area contributed by atoms with Gasteiger partial charge in [0, 0.05) is 19.1 Å². The molecule has 2 aliphatic rings. The van der Waals surface area contributed by atoms with E-state index >= 15 is 0 Å². The number of rotatable bonds is 5. The monoisotopic (exact) mass is 268 g/mol. The minimum atomic E-state index is 0.244. The van der Waals surface area contributed by atoms with Gasteiger partial charge in [-0.05, 0) is 37.6 Å². The highest BCUT2D eigenvalue weighted by atomic mass is 16.5. The van der Waals surface area contributed by atoms with Gasteiger partial charge in [-0.3, -0.25) is 4.90 Å². The molecule has 0 bridgehead atoms. The summed E-state index contributed by atoms with van der Waals surface area (Å²) < 4.78 is 5.97. The van der Waals surface area contributed by atoms with Crippen LogP contribution in [0.2, 0.25) is 0 Å². The molecule has 3 heteroatoms. The van der Waals surface area contributed by atoms with Crippen LogP contribution in [0.3, 0.4) is 0 Å². The zero-order valence-electron chi connectivity index (χ0n) is 12.8. The van der Waals surface area contributed by atoms with Crippen molar-refractivity contribution in [3.8, 4) is 0 Å². The summed E-state index contributed by atoms with van der Waals surface area (Å²) in [5, 5.41) is 0. The van der Waals surface area contributed by atoms with Gasteiger partial charge in [-0.15, -0.1) is 0 Å². The molecule has 2 N–H and O–H groups in total. The lowest BCUT2D eigenvalue weighted by atomic mass is 9.75. The molecule has 1 saturated carbocycles. The number of nitrogens with zero attached hydrogens (tertiary/aromatic N) is 1. The van der Waals surface area contributed by atoms with E-state index in [0.29, 0.717) is 5.92 Å². The third kappa shape index (κ3) is 4.17. The van der Waals surface area contributed by atoms with Crippen LogP contribution >= 0.6 is 0 Å². The van der Waals surface area contributed by atoms with E-state index in [4.69, 9.17) is 10.5 Å². The van der Waals surface area contributed by atoms with Crippen molar-refractivity contribution in [1.82, 2.24) is 4.90 Å². The molecule has 0 amide bonds. The van der Waals surface area contributed by atoms with Crippen molar-refractivity contribution in [2.24, 2.45) is 17.6 Å². The molecule has 0 radical (unpaired) electrons. The Morgan fingerprint density at radius 3 is 2.89 bits per heavy atom. The van der Waals surface area contributed by atoms with Crippen LogP contribution in [0.5, 0.6) is 0 Å². The summed E-state index contributed by atoms with van der Waals surface area (Å²) >= 11 is 0. The Kier molecular flexibility index (Phi) is 6.11. The van der Waals surface area contributed by atoms with E-state index in [0.717, 1.165) is 25.6 Å². The number of nitrogens with two attached hydrogens (primary N) is 1. The van der Waals surface area contributed by atoms with Crippen LogP contribution < -0.4 is 5.73 Å². The van der Waals surface area contributed by atoms with Crippen molar-refractivity contribution >= 4 is 0 Å². The summed E-state index contributed by atoms with van der Waals surface area (Å²) in [6.07, 6.45) is 8.22. The predicted molar refractivity (Wildman–Crippen MR) is 80.2 cm³/mol. The topological polar surface area (TPSA) is 38.5 Å². The van der Waals surface area contributed by atoms with Crippen LogP contribution in [-0.4, -0.2) is 43.3 Å². The highest BCUT2D eigenvalue weighted by Crippen LogP contribution is 2.33. The summed E-state index contributed by atoms with van der Waals surface area (Å²) in [6.45, 7) is 8.74. The molecule has 0 aromatic rings. The van der Waals surface area contributed by atoms with E-state index in [-0.39, 0.29) is 12.1 Å². The van der Waals surface area contributed by atoms with Crippen molar-refractivity contribution in [2.75, 3.05) is 26.2 Å². The molecule has 0 aromatic carbocycles. The summed E-state index contributed by atoms with van der Waals surface area (Å²) in [7, 11) is 0. The zero-order chi connectivity index (χ0) is 13.7. The van der Waals surface area contributed by atoms with Crippen LogP contribution in [0.15, 0.2) is 0 Å². The predicted octanol–water partition coefficient (Wildman–Crippen LogP) is 2.64. The molecule has 112 valence electrons. The van der Waals surface area contributed by atoms with Gasteiger partial charge in [-0.1, -0.05) is 33.1 Å². The number of ether oxygens (including phenoxy) is 1. The second-order valence-corrected chi connectivity index (χ2v) is 6.49. The summed E-state index contributed by atoms with van der Waals surface area (Å²) in [6, 6.07) is 0.244. The molecule has 0 aromatic heterocycles. The maximum atomic E-state index is 6.55. The number of hydrogen-bond donors (Lipinski definition) is 1. The lowest BCUT2D eigenvalue weighted by Crippen LogP contribution is -2.53. The maximum Gasteiger partial charge on any atom is 0.0855 e. The van der Waals surface area contributed by atoms with Gasteiger partial charge in [0.2, 0.25) is 0 Å². The van der Waals surface area contributed by atoms with Gasteiger partial charge >= 0.3 is 0 Å². The molecular formula is C16H32N2O. The first-order valence-electron chi connectivity index (χ1n) is 8.34. The van der Waals surface area contributed by atoms with Crippen molar-refractivity contribution in [1.29, 1.82) is 0 Å². The van der Waals surface area contributed by atoms with E-state index in [1.54, 1.807) is 0 Å². The first kappa shape index (κ1) is 15.3. The van der Waals surface area contributed by atoms with Gasteiger partial charge in [0.05, 0.1) is 12.7 Å². The van der Waals surface area contributed by atoms with Gasteiger partial charge in [0.15, 0.2) is 0 Å². The fourth-order valence-corrected chi connectivity index (χ4v) is 3.84. The van der Waals surface area contributed by atoms with Gasteiger partial charge < -0.3 is 10.5 Å². The molecule has 0 spiro atoms. The van der Waals surface area contributed by atoms with E-state index in [1.165, 1.54) is 45.1 Å². The minimum Gasteiger partial charge on any atom is -0.374 e. The first-order valence-corrected chi connectivity index (χ1v) is 8.34. The molecule has 4 unspecified atom stereocenters. The Morgan fingerprint density at radius 2 is 2.16 bits per heavy atom. The van der Waals surface area contributed by atoms with Crippen LogP contribution in [0, 0.1) is 11.8 Å². The molecule has 1 heterocycles. The lowest BCUT2D eigenvalue weighted by Gasteiger charge is -2.40. The molecular weight excluding hydrogens is 236 g/mol. The molecule has 19 heavy (non-hydrogen) atoms. The summed E-state index contributed by atoms with van der Waals surface area (Å²) in [4.78, 5) is 2.52. The maximum absolute atomic E-state index is 6.55. The Morgan fingerprint density at radius 1 is 1.32 bits per heavy atom. The van der Waals surface area contributed by atoms with Crippen LogP contribution in [0.4, 0.5) is 0 Å². The van der Waals surface area contributed by atoms with E-state index in [2.05, 4.69) is 18.7 Å². The minimum absolute atomic E-state index is 0.244. The fourth-order valence-electron chi connectivity index (χ4n) is 3.84. The normalized spacial score (nSPS) is 35.2. The summed E-state index contributed by atoms with van der Waals surface area (Å²) in [5.41, 5.74) is 6.55. The molecule has 1 saturated heterocycles. The Hall–Kier alpha value is -0.120. The number of hydrogen-bond acceptors (Lipinski definition) is 3. The van der Waals surface area contributed by atoms with Gasteiger partial charge in [0.25, 0.3) is 0 Å². The molecule has 1 aliphatic heterocycles. The highest BCUT2D eigenvalue weighted by molar-refractivity contribution is 4.88. The van der Waals surface area contributed by atoms with Crippen molar-refractivity contribution in [2.45, 2.75) is 64.5 Å². The third-order valence-corrected chi connectivity index (χ3v) is 5.09. The number of morpholine rings is 1. The van der Waals surface area contributed by atoms with Crippen molar-refractivity contribution in [3.05, 3.63) is 0 Å². The lowest BCUT2D eigenvalue weighted by molar-refractivity contribution is -0.0534. The van der Waals surface area contributed by atoms with Crippen molar-refractivity contribution < 1.29 is 4.74 Å². The summed E-state index contributed by atoms with van der Waals surface area (Å²) in [5.74, 6) is 1.59. The Labute approximate surface area is 118 Å². The van der Waals surface area contributed by atoms with Gasteiger partial charge in [-0.2, -0.15) is 0 Å². The molecule has 3 nitrogen and oxygen atoms in total. The Balaban J connectivity index is 1.85. The Bertz CT molecular complexity index is 257. The van der Waals surface area contributed by atoms with E-state index in [9.17, 15) is 0 Å². The van der Waals surface area contributed by atoms with E-state index in [1.807, 2.05) is 0 Å². The largest absolute Gasteiger partial charge is 0.374 e. The zero-order valence-corrected chi connectivity index (χ0v) is 12.8. The average Bonchev–Trinajstić information content (AvgIpc) is 2.47. The van der Waals surface area contributed by atoms with Crippen LogP contribution in [-0.2, 0) is 4.74 Å². The first-order chi connectivity index (χ1) is 9.24. The fraction of sp³-hybridized carbons (Fsp3) is 1.00. The van der Waals surface area contributed by atoms with Gasteiger partial charge in [0.1, 0.15) is 0 Å². The highest BCUT2D eigenvalue weighted by Gasteiger charge is 2.33. The molecule has 4 atom stereocenters. The smallest absolute Gasteiger partial charge is 0.0855 e. The standard InChI is InChI=1S/C16H32N2O/c1-3-8-18-9-10-19-15(12-18)16(17)14-7-5-6-13(4-2)11-14/h13-16H,3-12,17H2,1-2H3. The van der Waals surface area contributed by atoms with E-state index < -0.39 is 0 Å².